The molecule has 0 aromatic heterocycles. The SMILES string of the molecule is Cc1ccc2c(c1C)C1c3ccccc3C2c2ccccc21. The zero-order chi connectivity index (χ0) is 14.8. The Morgan fingerprint density at radius 3 is 1.59 bits per heavy atom. The lowest BCUT2D eigenvalue weighted by atomic mass is 9.60. The average Bonchev–Trinajstić information content (AvgIpc) is 2.58. The van der Waals surface area contributed by atoms with Gasteiger partial charge in [-0.05, 0) is 58.4 Å². The fourth-order valence-corrected chi connectivity index (χ4v) is 4.55. The van der Waals surface area contributed by atoms with Gasteiger partial charge in [-0.3, -0.25) is 0 Å². The smallest absolute Gasteiger partial charge is 0.0351 e. The van der Waals surface area contributed by atoms with Crippen LogP contribution in [0.4, 0.5) is 0 Å². The monoisotopic (exact) mass is 282 g/mol. The molecule has 0 N–H and O–H groups in total. The lowest BCUT2D eigenvalue weighted by Gasteiger charge is -2.43. The summed E-state index contributed by atoms with van der Waals surface area (Å²) in [5.74, 6) is 0.819. The van der Waals surface area contributed by atoms with E-state index in [2.05, 4.69) is 74.5 Å². The van der Waals surface area contributed by atoms with Crippen molar-refractivity contribution in [1.82, 2.24) is 0 Å². The van der Waals surface area contributed by atoms with Crippen molar-refractivity contribution in [3.8, 4) is 0 Å². The van der Waals surface area contributed by atoms with Gasteiger partial charge >= 0.3 is 0 Å². The predicted octanol–water partition coefficient (Wildman–Crippen LogP) is 5.29. The molecule has 0 heterocycles. The molecule has 106 valence electrons. The fourth-order valence-electron chi connectivity index (χ4n) is 4.55. The van der Waals surface area contributed by atoms with Crippen LogP contribution in [-0.4, -0.2) is 0 Å². The Morgan fingerprint density at radius 2 is 1.05 bits per heavy atom. The largest absolute Gasteiger partial charge is 0.0619 e. The van der Waals surface area contributed by atoms with E-state index in [0.717, 1.165) is 0 Å². The van der Waals surface area contributed by atoms with Crippen molar-refractivity contribution in [2.75, 3.05) is 0 Å². The number of rotatable bonds is 0. The molecule has 0 saturated heterocycles. The van der Waals surface area contributed by atoms with Gasteiger partial charge in [0.25, 0.3) is 0 Å². The molecule has 3 aliphatic carbocycles. The maximum absolute atomic E-state index is 2.36. The van der Waals surface area contributed by atoms with Crippen LogP contribution in [0.25, 0.3) is 0 Å². The summed E-state index contributed by atoms with van der Waals surface area (Å²) in [6.07, 6.45) is 0. The minimum Gasteiger partial charge on any atom is -0.0619 e. The molecule has 3 aliphatic rings. The Hall–Kier alpha value is -2.34. The topological polar surface area (TPSA) is 0 Å². The standard InChI is InChI=1S/C22H18/c1-13-11-12-19-20(14(13)2)22-17-9-5-3-7-15(17)21(19)16-8-4-6-10-18(16)22/h3-12,21-22H,1-2H3. The van der Waals surface area contributed by atoms with Crippen molar-refractivity contribution in [1.29, 1.82) is 0 Å². The maximum Gasteiger partial charge on any atom is 0.0351 e. The average molecular weight is 282 g/mol. The van der Waals surface area contributed by atoms with Gasteiger partial charge in [-0.15, -0.1) is 0 Å². The van der Waals surface area contributed by atoms with E-state index in [4.69, 9.17) is 0 Å². The van der Waals surface area contributed by atoms with E-state index in [1.165, 1.54) is 38.9 Å². The summed E-state index contributed by atoms with van der Waals surface area (Å²) in [5, 5.41) is 0. The Kier molecular flexibility index (Phi) is 2.28. The second-order valence-corrected chi connectivity index (χ2v) is 6.63. The van der Waals surface area contributed by atoms with Crippen LogP contribution in [-0.2, 0) is 0 Å². The molecule has 22 heavy (non-hydrogen) atoms. The quantitative estimate of drug-likeness (QED) is 0.362. The van der Waals surface area contributed by atoms with Crippen molar-refractivity contribution in [3.63, 3.8) is 0 Å². The van der Waals surface area contributed by atoms with Crippen molar-refractivity contribution in [2.24, 2.45) is 0 Å². The first kappa shape index (κ1) is 12.2. The molecular formula is C22H18. The van der Waals surface area contributed by atoms with Crippen LogP contribution in [0.3, 0.4) is 0 Å². The number of hydrogen-bond acceptors (Lipinski definition) is 0. The molecule has 0 unspecified atom stereocenters. The Morgan fingerprint density at radius 1 is 0.545 bits per heavy atom. The van der Waals surface area contributed by atoms with Gasteiger partial charge in [0.15, 0.2) is 0 Å². The number of benzene rings is 3. The minimum absolute atomic E-state index is 0.409. The van der Waals surface area contributed by atoms with Crippen LogP contribution in [0.2, 0.25) is 0 Å². The van der Waals surface area contributed by atoms with E-state index in [9.17, 15) is 0 Å². The van der Waals surface area contributed by atoms with E-state index in [1.54, 1.807) is 5.56 Å². The fraction of sp³-hybridized carbons (Fsp3) is 0.182. The number of aryl methyl sites for hydroxylation is 1. The minimum atomic E-state index is 0.409. The molecular weight excluding hydrogens is 264 g/mol. The highest BCUT2D eigenvalue weighted by Crippen LogP contribution is 2.56. The van der Waals surface area contributed by atoms with Gasteiger partial charge in [-0.2, -0.15) is 0 Å². The molecule has 0 fully saturated rings. The molecule has 2 bridgehead atoms. The van der Waals surface area contributed by atoms with Crippen LogP contribution in [0, 0.1) is 13.8 Å². The summed E-state index contributed by atoms with van der Waals surface area (Å²) in [7, 11) is 0. The van der Waals surface area contributed by atoms with E-state index < -0.39 is 0 Å². The summed E-state index contributed by atoms with van der Waals surface area (Å²) in [5.41, 5.74) is 12.0. The van der Waals surface area contributed by atoms with Crippen molar-refractivity contribution in [3.05, 3.63) is 105 Å². The molecule has 0 nitrogen and oxygen atoms in total. The van der Waals surface area contributed by atoms with Crippen LogP contribution in [0.5, 0.6) is 0 Å². The number of hydrogen-bond donors (Lipinski definition) is 0. The molecule has 0 spiro atoms. The van der Waals surface area contributed by atoms with Gasteiger partial charge in [0.05, 0.1) is 0 Å². The summed E-state index contributed by atoms with van der Waals surface area (Å²) in [6, 6.07) is 22.7. The van der Waals surface area contributed by atoms with Crippen LogP contribution < -0.4 is 0 Å². The van der Waals surface area contributed by atoms with E-state index in [-0.39, 0.29) is 0 Å². The molecule has 0 heteroatoms. The Balaban J connectivity index is 1.94. The van der Waals surface area contributed by atoms with Crippen molar-refractivity contribution >= 4 is 0 Å². The first-order valence-electron chi connectivity index (χ1n) is 8.05. The first-order valence-corrected chi connectivity index (χ1v) is 8.05. The van der Waals surface area contributed by atoms with Gasteiger partial charge < -0.3 is 0 Å². The third-order valence-electron chi connectivity index (χ3n) is 5.66. The highest BCUT2D eigenvalue weighted by atomic mass is 14.4. The molecule has 3 aromatic carbocycles. The second kappa shape index (κ2) is 4.10. The molecule has 0 radical (unpaired) electrons. The first-order chi connectivity index (χ1) is 10.8. The molecule has 0 aliphatic heterocycles. The Labute approximate surface area is 131 Å². The molecule has 0 amide bonds. The third-order valence-corrected chi connectivity index (χ3v) is 5.66. The van der Waals surface area contributed by atoms with Crippen LogP contribution in [0.1, 0.15) is 56.3 Å². The van der Waals surface area contributed by atoms with Gasteiger partial charge in [0.1, 0.15) is 0 Å². The zero-order valence-corrected chi connectivity index (χ0v) is 12.9. The van der Waals surface area contributed by atoms with E-state index in [0.29, 0.717) is 11.8 Å². The molecule has 6 rings (SSSR count). The van der Waals surface area contributed by atoms with Gasteiger partial charge in [-0.1, -0.05) is 60.7 Å². The lowest BCUT2D eigenvalue weighted by molar-refractivity contribution is 0.747. The summed E-state index contributed by atoms with van der Waals surface area (Å²) < 4.78 is 0. The Bertz CT molecular complexity index is 870. The van der Waals surface area contributed by atoms with E-state index in [1.807, 2.05) is 0 Å². The summed E-state index contributed by atoms with van der Waals surface area (Å²) >= 11 is 0. The van der Waals surface area contributed by atoms with Crippen molar-refractivity contribution < 1.29 is 0 Å². The van der Waals surface area contributed by atoms with Gasteiger partial charge in [0.2, 0.25) is 0 Å². The van der Waals surface area contributed by atoms with Crippen LogP contribution >= 0.6 is 0 Å². The molecule has 0 atom stereocenters. The second-order valence-electron chi connectivity index (χ2n) is 6.63. The third kappa shape index (κ3) is 1.33. The summed E-state index contributed by atoms with van der Waals surface area (Å²) in [4.78, 5) is 0. The highest BCUT2D eigenvalue weighted by molar-refractivity contribution is 5.69. The zero-order valence-electron chi connectivity index (χ0n) is 12.9. The summed E-state index contributed by atoms with van der Waals surface area (Å²) in [6.45, 7) is 4.52. The van der Waals surface area contributed by atoms with Gasteiger partial charge in [-0.25, -0.2) is 0 Å². The highest BCUT2D eigenvalue weighted by Gasteiger charge is 2.41. The normalized spacial score (nSPS) is 20.3. The lowest BCUT2D eigenvalue weighted by Crippen LogP contribution is -2.28. The molecule has 0 saturated carbocycles. The van der Waals surface area contributed by atoms with Gasteiger partial charge in [0, 0.05) is 11.8 Å². The maximum atomic E-state index is 2.36. The van der Waals surface area contributed by atoms with E-state index >= 15 is 0 Å². The molecule has 3 aromatic rings. The van der Waals surface area contributed by atoms with Crippen LogP contribution in [0.15, 0.2) is 60.7 Å². The van der Waals surface area contributed by atoms with Crippen molar-refractivity contribution in [2.45, 2.75) is 25.7 Å². The predicted molar refractivity (Wildman–Crippen MR) is 90.7 cm³/mol.